The van der Waals surface area contributed by atoms with Crippen LogP contribution in [0.25, 0.3) is 0 Å². The molecule has 3 N–H and O–H groups in total. The number of carboxylic acids is 1. The molecule has 96 valence electrons. The molecular weight excluding hydrogens is 220 g/mol. The first kappa shape index (κ1) is 12.4. The van der Waals surface area contributed by atoms with Crippen LogP contribution in [0.15, 0.2) is 0 Å². The van der Waals surface area contributed by atoms with Crippen molar-refractivity contribution in [2.24, 2.45) is 5.73 Å². The van der Waals surface area contributed by atoms with Gasteiger partial charge >= 0.3 is 5.97 Å². The summed E-state index contributed by atoms with van der Waals surface area (Å²) < 4.78 is 0. The van der Waals surface area contributed by atoms with Crippen molar-refractivity contribution < 1.29 is 14.7 Å². The monoisotopic (exact) mass is 240 g/mol. The second-order valence-electron chi connectivity index (χ2n) is 5.21. The molecule has 1 heterocycles. The fraction of sp³-hybridized carbons (Fsp3) is 0.833. The first-order chi connectivity index (χ1) is 8.04. The SMILES string of the molecule is NC1(C(=O)N2CCC[C@@H]2C(=O)O)CCCCC1. The summed E-state index contributed by atoms with van der Waals surface area (Å²) in [5.41, 5.74) is 5.35. The van der Waals surface area contributed by atoms with Crippen LogP contribution in [0.3, 0.4) is 0 Å². The molecule has 1 saturated heterocycles. The van der Waals surface area contributed by atoms with Crippen LogP contribution in [-0.2, 0) is 9.59 Å². The number of carbonyl (C=O) groups excluding carboxylic acids is 1. The van der Waals surface area contributed by atoms with Gasteiger partial charge in [0.1, 0.15) is 6.04 Å². The van der Waals surface area contributed by atoms with Crippen molar-refractivity contribution >= 4 is 11.9 Å². The van der Waals surface area contributed by atoms with Crippen LogP contribution in [0.4, 0.5) is 0 Å². The predicted octanol–water partition coefficient (Wildman–Crippen LogP) is 0.724. The average Bonchev–Trinajstić information content (AvgIpc) is 2.77. The summed E-state index contributed by atoms with van der Waals surface area (Å²) in [6, 6.07) is -0.662. The molecule has 1 aliphatic carbocycles. The quantitative estimate of drug-likeness (QED) is 0.745. The number of nitrogens with zero attached hydrogens (tertiary/aromatic N) is 1. The fourth-order valence-corrected chi connectivity index (χ4v) is 2.95. The van der Waals surface area contributed by atoms with Crippen LogP contribution in [0.2, 0.25) is 0 Å². The topological polar surface area (TPSA) is 83.6 Å². The molecule has 2 fully saturated rings. The Morgan fingerprint density at radius 1 is 1.18 bits per heavy atom. The lowest BCUT2D eigenvalue weighted by molar-refractivity contribution is -0.151. The van der Waals surface area contributed by atoms with Gasteiger partial charge in [-0.15, -0.1) is 0 Å². The Balaban J connectivity index is 2.10. The number of amides is 1. The molecule has 17 heavy (non-hydrogen) atoms. The van der Waals surface area contributed by atoms with E-state index in [1.54, 1.807) is 0 Å². The molecule has 0 spiro atoms. The fourth-order valence-electron chi connectivity index (χ4n) is 2.95. The van der Waals surface area contributed by atoms with Gasteiger partial charge in [-0.3, -0.25) is 4.79 Å². The Labute approximate surface area is 101 Å². The van der Waals surface area contributed by atoms with Gasteiger partial charge in [0.25, 0.3) is 0 Å². The molecule has 5 nitrogen and oxygen atoms in total. The Bertz CT molecular complexity index is 324. The van der Waals surface area contributed by atoms with Gasteiger partial charge in [-0.05, 0) is 25.7 Å². The summed E-state index contributed by atoms with van der Waals surface area (Å²) in [5, 5.41) is 9.08. The Hall–Kier alpha value is -1.10. The summed E-state index contributed by atoms with van der Waals surface area (Å²) >= 11 is 0. The third-order valence-electron chi connectivity index (χ3n) is 3.97. The molecule has 1 amide bonds. The molecule has 0 bridgehead atoms. The molecule has 0 aromatic carbocycles. The van der Waals surface area contributed by atoms with Gasteiger partial charge in [-0.2, -0.15) is 0 Å². The van der Waals surface area contributed by atoms with Crippen LogP contribution in [0.5, 0.6) is 0 Å². The first-order valence-electron chi connectivity index (χ1n) is 6.37. The van der Waals surface area contributed by atoms with Crippen molar-refractivity contribution in [2.45, 2.75) is 56.5 Å². The van der Waals surface area contributed by atoms with E-state index in [2.05, 4.69) is 0 Å². The maximum atomic E-state index is 12.4. The number of aliphatic carboxylic acids is 1. The lowest BCUT2D eigenvalue weighted by Gasteiger charge is -2.36. The van der Waals surface area contributed by atoms with Gasteiger partial charge in [0.2, 0.25) is 5.91 Å². The van der Waals surface area contributed by atoms with Crippen molar-refractivity contribution in [2.75, 3.05) is 6.54 Å². The zero-order valence-corrected chi connectivity index (χ0v) is 10.0. The molecular formula is C12H20N2O3. The summed E-state index contributed by atoms with van der Waals surface area (Å²) in [5.74, 6) is -1.06. The normalized spacial score (nSPS) is 28.1. The van der Waals surface area contributed by atoms with Gasteiger partial charge in [-0.25, -0.2) is 4.79 Å². The minimum atomic E-state index is -0.907. The summed E-state index contributed by atoms with van der Waals surface area (Å²) in [4.78, 5) is 24.9. The van der Waals surface area contributed by atoms with Gasteiger partial charge in [0, 0.05) is 6.54 Å². The lowest BCUT2D eigenvalue weighted by Crippen LogP contribution is -2.58. The summed E-state index contributed by atoms with van der Waals surface area (Å²) in [6.07, 6.45) is 5.75. The zero-order valence-electron chi connectivity index (χ0n) is 10.0. The summed E-state index contributed by atoms with van der Waals surface area (Å²) in [6.45, 7) is 0.536. The number of carbonyl (C=O) groups is 2. The Kier molecular flexibility index (Phi) is 3.38. The van der Waals surface area contributed by atoms with Crippen LogP contribution in [0, 0.1) is 0 Å². The second kappa shape index (κ2) is 4.64. The van der Waals surface area contributed by atoms with Crippen molar-refractivity contribution in [3.8, 4) is 0 Å². The molecule has 0 aromatic heterocycles. The largest absolute Gasteiger partial charge is 0.480 e. The van der Waals surface area contributed by atoms with Gasteiger partial charge in [0.05, 0.1) is 5.54 Å². The van der Waals surface area contributed by atoms with E-state index in [-0.39, 0.29) is 5.91 Å². The van der Waals surface area contributed by atoms with E-state index in [4.69, 9.17) is 10.8 Å². The highest BCUT2D eigenvalue weighted by molar-refractivity contribution is 5.90. The lowest BCUT2D eigenvalue weighted by atomic mass is 9.81. The van der Waals surface area contributed by atoms with E-state index in [0.29, 0.717) is 25.8 Å². The average molecular weight is 240 g/mol. The minimum Gasteiger partial charge on any atom is -0.480 e. The van der Waals surface area contributed by atoms with Crippen LogP contribution >= 0.6 is 0 Å². The highest BCUT2D eigenvalue weighted by atomic mass is 16.4. The summed E-state index contributed by atoms with van der Waals surface area (Å²) in [7, 11) is 0. The van der Waals surface area contributed by atoms with Crippen LogP contribution < -0.4 is 5.73 Å². The number of likely N-dealkylation sites (tertiary alicyclic amines) is 1. The van der Waals surface area contributed by atoms with Crippen molar-refractivity contribution in [3.05, 3.63) is 0 Å². The molecule has 0 unspecified atom stereocenters. The first-order valence-corrected chi connectivity index (χ1v) is 6.37. The van der Waals surface area contributed by atoms with Crippen molar-refractivity contribution in [3.63, 3.8) is 0 Å². The van der Waals surface area contributed by atoms with Gasteiger partial charge < -0.3 is 15.7 Å². The van der Waals surface area contributed by atoms with E-state index in [0.717, 1.165) is 25.7 Å². The smallest absolute Gasteiger partial charge is 0.326 e. The second-order valence-corrected chi connectivity index (χ2v) is 5.21. The van der Waals surface area contributed by atoms with E-state index in [9.17, 15) is 9.59 Å². The molecule has 0 aromatic rings. The molecule has 2 aliphatic rings. The number of carboxylic acid groups (broad SMARTS) is 1. The molecule has 2 rings (SSSR count). The molecule has 1 aliphatic heterocycles. The van der Waals surface area contributed by atoms with Crippen molar-refractivity contribution in [1.82, 2.24) is 4.90 Å². The number of rotatable bonds is 2. The number of hydrogen-bond donors (Lipinski definition) is 2. The van der Waals surface area contributed by atoms with E-state index in [1.807, 2.05) is 0 Å². The van der Waals surface area contributed by atoms with Gasteiger partial charge in [-0.1, -0.05) is 19.3 Å². The number of nitrogens with two attached hydrogens (primary N) is 1. The maximum Gasteiger partial charge on any atom is 0.326 e. The zero-order chi connectivity index (χ0) is 12.5. The van der Waals surface area contributed by atoms with E-state index >= 15 is 0 Å². The minimum absolute atomic E-state index is 0.151. The van der Waals surface area contributed by atoms with E-state index in [1.165, 1.54) is 4.90 Å². The van der Waals surface area contributed by atoms with E-state index < -0.39 is 17.6 Å². The Morgan fingerprint density at radius 3 is 2.41 bits per heavy atom. The highest BCUT2D eigenvalue weighted by Crippen LogP contribution is 2.30. The maximum absolute atomic E-state index is 12.4. The van der Waals surface area contributed by atoms with Gasteiger partial charge in [0.15, 0.2) is 0 Å². The molecule has 0 radical (unpaired) electrons. The molecule has 1 saturated carbocycles. The standard InChI is InChI=1S/C12H20N2O3/c13-12(6-2-1-3-7-12)11(17)14-8-4-5-9(14)10(15)16/h9H,1-8,13H2,(H,15,16)/t9-/m1/s1. The molecule has 1 atom stereocenters. The number of hydrogen-bond acceptors (Lipinski definition) is 3. The third kappa shape index (κ3) is 2.29. The van der Waals surface area contributed by atoms with Crippen molar-refractivity contribution in [1.29, 1.82) is 0 Å². The molecule has 5 heteroatoms. The third-order valence-corrected chi connectivity index (χ3v) is 3.97. The van der Waals surface area contributed by atoms with Crippen LogP contribution in [-0.4, -0.2) is 40.0 Å². The predicted molar refractivity (Wildman–Crippen MR) is 62.4 cm³/mol. The van der Waals surface area contributed by atoms with Crippen LogP contribution in [0.1, 0.15) is 44.9 Å². The Morgan fingerprint density at radius 2 is 1.82 bits per heavy atom. The highest BCUT2D eigenvalue weighted by Gasteiger charge is 2.43.